The van der Waals surface area contributed by atoms with Crippen LogP contribution in [0.3, 0.4) is 0 Å². The third-order valence-corrected chi connectivity index (χ3v) is 6.82. The van der Waals surface area contributed by atoms with Crippen LogP contribution >= 0.6 is 11.8 Å². The Morgan fingerprint density at radius 3 is 2.38 bits per heavy atom. The van der Waals surface area contributed by atoms with E-state index < -0.39 is 17.1 Å². The van der Waals surface area contributed by atoms with E-state index in [0.717, 1.165) is 27.8 Å². The highest BCUT2D eigenvalue weighted by molar-refractivity contribution is 8.18. The van der Waals surface area contributed by atoms with Crippen molar-refractivity contribution < 1.29 is 28.2 Å². The molecule has 202 valence electrons. The van der Waals surface area contributed by atoms with Gasteiger partial charge in [0.15, 0.2) is 11.5 Å². The summed E-state index contributed by atoms with van der Waals surface area (Å²) in [5.41, 5.74) is 3.17. The summed E-state index contributed by atoms with van der Waals surface area (Å²) in [6.45, 7) is 6.23. The largest absolute Gasteiger partial charge is 0.490 e. The van der Waals surface area contributed by atoms with Crippen molar-refractivity contribution in [1.29, 1.82) is 0 Å². The van der Waals surface area contributed by atoms with Gasteiger partial charge in [-0.3, -0.25) is 19.3 Å². The van der Waals surface area contributed by atoms with Crippen LogP contribution in [0.5, 0.6) is 11.5 Å². The van der Waals surface area contributed by atoms with E-state index in [9.17, 15) is 18.8 Å². The number of imide groups is 1. The maximum Gasteiger partial charge on any atom is 0.294 e. The molecule has 1 aliphatic rings. The van der Waals surface area contributed by atoms with Crippen LogP contribution in [-0.2, 0) is 16.2 Å². The molecule has 0 bridgehead atoms. The first-order valence-corrected chi connectivity index (χ1v) is 13.3. The normalized spacial score (nSPS) is 14.3. The Morgan fingerprint density at radius 1 is 1.00 bits per heavy atom. The van der Waals surface area contributed by atoms with E-state index in [1.807, 2.05) is 19.1 Å². The maximum atomic E-state index is 13.2. The summed E-state index contributed by atoms with van der Waals surface area (Å²) in [7, 11) is 0. The molecule has 9 heteroatoms. The zero-order valence-electron chi connectivity index (χ0n) is 21.9. The number of benzene rings is 3. The minimum atomic E-state index is -0.537. The lowest BCUT2D eigenvalue weighted by Crippen LogP contribution is -2.36. The van der Waals surface area contributed by atoms with Gasteiger partial charge in [-0.25, -0.2) is 4.39 Å². The molecular weight excluding hydrogens is 519 g/mol. The number of nitrogens with one attached hydrogen (secondary N) is 1. The monoisotopic (exact) mass is 548 g/mol. The Labute approximate surface area is 231 Å². The van der Waals surface area contributed by atoms with E-state index in [-0.39, 0.29) is 23.9 Å². The van der Waals surface area contributed by atoms with E-state index in [2.05, 4.69) is 19.2 Å². The average Bonchev–Trinajstić information content (AvgIpc) is 3.16. The van der Waals surface area contributed by atoms with Gasteiger partial charge in [0.1, 0.15) is 19.0 Å². The Bertz CT molecular complexity index is 1390. The zero-order valence-corrected chi connectivity index (χ0v) is 22.7. The molecule has 0 radical (unpaired) electrons. The van der Waals surface area contributed by atoms with Gasteiger partial charge in [0.25, 0.3) is 11.1 Å². The van der Waals surface area contributed by atoms with Gasteiger partial charge >= 0.3 is 0 Å². The third kappa shape index (κ3) is 7.26. The SMILES string of the molecule is CCOc1cc(/C=C2\SC(=O)N(CC(=O)Nc3ccc(C(C)C)cc3)C2=O)ccc1OCc1ccc(F)cc1. The molecule has 7 nitrogen and oxygen atoms in total. The second-order valence-electron chi connectivity index (χ2n) is 9.15. The molecule has 0 unspecified atom stereocenters. The Morgan fingerprint density at radius 2 is 1.72 bits per heavy atom. The average molecular weight is 549 g/mol. The van der Waals surface area contributed by atoms with Crippen molar-refractivity contribution in [3.8, 4) is 11.5 Å². The molecule has 0 aromatic heterocycles. The number of ether oxygens (including phenoxy) is 2. The molecular formula is C30H29FN2O5S. The van der Waals surface area contributed by atoms with Crippen LogP contribution in [0.25, 0.3) is 6.08 Å². The van der Waals surface area contributed by atoms with Crippen LogP contribution in [0.4, 0.5) is 14.9 Å². The summed E-state index contributed by atoms with van der Waals surface area (Å²) in [6.07, 6.45) is 1.58. The molecule has 1 N–H and O–H groups in total. The highest BCUT2D eigenvalue weighted by Gasteiger charge is 2.36. The quantitative estimate of drug-likeness (QED) is 0.287. The molecule has 0 spiro atoms. The van der Waals surface area contributed by atoms with E-state index >= 15 is 0 Å². The van der Waals surface area contributed by atoms with E-state index in [1.165, 1.54) is 12.1 Å². The molecule has 4 rings (SSSR count). The second kappa shape index (κ2) is 12.6. The van der Waals surface area contributed by atoms with Gasteiger partial charge in [-0.05, 0) is 83.8 Å². The van der Waals surface area contributed by atoms with Crippen LogP contribution in [0.2, 0.25) is 0 Å². The number of nitrogens with zero attached hydrogens (tertiary/aromatic N) is 1. The van der Waals surface area contributed by atoms with Crippen LogP contribution in [0.15, 0.2) is 71.6 Å². The molecule has 1 saturated heterocycles. The fraction of sp³-hybridized carbons (Fsp3) is 0.233. The zero-order chi connectivity index (χ0) is 27.9. The number of carbonyl (C=O) groups excluding carboxylic acids is 3. The molecule has 1 aliphatic heterocycles. The fourth-order valence-corrected chi connectivity index (χ4v) is 4.67. The van der Waals surface area contributed by atoms with Crippen molar-refractivity contribution in [2.45, 2.75) is 33.3 Å². The van der Waals surface area contributed by atoms with E-state index in [1.54, 1.807) is 48.5 Å². The molecule has 1 fully saturated rings. The summed E-state index contributed by atoms with van der Waals surface area (Å²) < 4.78 is 24.7. The summed E-state index contributed by atoms with van der Waals surface area (Å²) >= 11 is 0.778. The second-order valence-corrected chi connectivity index (χ2v) is 10.1. The lowest BCUT2D eigenvalue weighted by Gasteiger charge is -2.13. The summed E-state index contributed by atoms with van der Waals surface area (Å²) in [6, 6.07) is 18.6. The van der Waals surface area contributed by atoms with Crippen molar-refractivity contribution in [2.24, 2.45) is 0 Å². The number of rotatable bonds is 10. The number of halogens is 1. The van der Waals surface area contributed by atoms with Crippen LogP contribution < -0.4 is 14.8 Å². The minimum absolute atomic E-state index is 0.205. The first-order chi connectivity index (χ1) is 18.7. The van der Waals surface area contributed by atoms with Crippen LogP contribution in [-0.4, -0.2) is 35.1 Å². The van der Waals surface area contributed by atoms with Gasteiger partial charge in [0.05, 0.1) is 11.5 Å². The summed E-state index contributed by atoms with van der Waals surface area (Å²) in [5.74, 6) is 0.00755. The smallest absolute Gasteiger partial charge is 0.294 e. The lowest BCUT2D eigenvalue weighted by atomic mass is 10.0. The third-order valence-electron chi connectivity index (χ3n) is 5.91. The van der Waals surface area contributed by atoms with Crippen LogP contribution in [0, 0.1) is 5.82 Å². The maximum absolute atomic E-state index is 13.2. The molecule has 39 heavy (non-hydrogen) atoms. The van der Waals surface area contributed by atoms with Gasteiger partial charge in [-0.15, -0.1) is 0 Å². The van der Waals surface area contributed by atoms with Crippen molar-refractivity contribution in [1.82, 2.24) is 4.90 Å². The molecule has 0 atom stereocenters. The van der Waals surface area contributed by atoms with Crippen molar-refractivity contribution >= 4 is 40.6 Å². The first kappa shape index (κ1) is 27.9. The highest BCUT2D eigenvalue weighted by atomic mass is 32.2. The van der Waals surface area contributed by atoms with Crippen molar-refractivity contribution in [3.05, 3.63) is 94.1 Å². The first-order valence-electron chi connectivity index (χ1n) is 12.5. The van der Waals surface area contributed by atoms with Crippen molar-refractivity contribution in [2.75, 3.05) is 18.5 Å². The van der Waals surface area contributed by atoms with Gasteiger partial charge in [-0.1, -0.05) is 44.2 Å². The van der Waals surface area contributed by atoms with Gasteiger partial charge in [-0.2, -0.15) is 0 Å². The number of anilines is 1. The topological polar surface area (TPSA) is 84.9 Å². The molecule has 1 heterocycles. The number of hydrogen-bond donors (Lipinski definition) is 1. The molecule has 3 aromatic carbocycles. The van der Waals surface area contributed by atoms with Gasteiger partial charge < -0.3 is 14.8 Å². The Hall–Kier alpha value is -4.11. The van der Waals surface area contributed by atoms with Gasteiger partial charge in [0, 0.05) is 5.69 Å². The minimum Gasteiger partial charge on any atom is -0.490 e. The van der Waals surface area contributed by atoms with Gasteiger partial charge in [0.2, 0.25) is 5.91 Å². The standard InChI is InChI=1S/C30H29FN2O5S/c1-4-37-26-15-21(7-14-25(26)38-18-20-5-10-23(31)11-6-20)16-27-29(35)33(30(36)39-27)17-28(34)32-24-12-8-22(9-13-24)19(2)3/h5-16,19H,4,17-18H2,1-3H3,(H,32,34)/b27-16-. The molecule has 0 saturated carbocycles. The fourth-order valence-electron chi connectivity index (χ4n) is 3.83. The predicted octanol–water partition coefficient (Wildman–Crippen LogP) is 6.60. The van der Waals surface area contributed by atoms with E-state index in [0.29, 0.717) is 35.3 Å². The number of hydrogen-bond acceptors (Lipinski definition) is 6. The molecule has 3 amide bonds. The number of amides is 3. The lowest BCUT2D eigenvalue weighted by molar-refractivity contribution is -0.127. The highest BCUT2D eigenvalue weighted by Crippen LogP contribution is 2.35. The summed E-state index contributed by atoms with van der Waals surface area (Å²) in [5, 5.41) is 2.22. The molecule has 3 aromatic rings. The molecule has 0 aliphatic carbocycles. The Balaban J connectivity index is 1.42. The van der Waals surface area contributed by atoms with Crippen LogP contribution in [0.1, 0.15) is 43.4 Å². The summed E-state index contributed by atoms with van der Waals surface area (Å²) in [4.78, 5) is 39.2. The van der Waals surface area contributed by atoms with E-state index in [4.69, 9.17) is 9.47 Å². The number of thioether (sulfide) groups is 1. The predicted molar refractivity (Wildman–Crippen MR) is 150 cm³/mol. The Kier molecular flexibility index (Phi) is 9.03. The van der Waals surface area contributed by atoms with Crippen molar-refractivity contribution in [3.63, 3.8) is 0 Å². The number of carbonyl (C=O) groups is 3.